The van der Waals surface area contributed by atoms with Crippen molar-refractivity contribution in [2.24, 2.45) is 5.10 Å². The Balaban J connectivity index is 1.49. The van der Waals surface area contributed by atoms with Gasteiger partial charge in [0.2, 0.25) is 0 Å². The zero-order chi connectivity index (χ0) is 19.0. The topological polar surface area (TPSA) is 78.3 Å². The fraction of sp³-hybridized carbons (Fsp3) is 0.150. The summed E-state index contributed by atoms with van der Waals surface area (Å²) in [7, 11) is 1.79. The summed E-state index contributed by atoms with van der Waals surface area (Å²) in [4.78, 5) is 18.4. The second-order valence-electron chi connectivity index (χ2n) is 6.31. The molecule has 7 nitrogen and oxygen atoms in total. The van der Waals surface area contributed by atoms with Gasteiger partial charge in [0.25, 0.3) is 5.91 Å². The smallest absolute Gasteiger partial charge is 0.260 e. The van der Waals surface area contributed by atoms with Crippen molar-refractivity contribution in [2.75, 3.05) is 7.05 Å². The highest BCUT2D eigenvalue weighted by Gasteiger charge is 2.31. The highest BCUT2D eigenvalue weighted by molar-refractivity contribution is 6.13. The quantitative estimate of drug-likeness (QED) is 0.908. The SMILES string of the molecule is C=C1C=CC(N2Cc3cc(OCc4ccc(O)cn4)ccc3C2=O)=NN1C. The van der Waals surface area contributed by atoms with Gasteiger partial charge in [-0.1, -0.05) is 6.58 Å². The standard InChI is InChI=1S/C20H18N4O3/c1-13-3-8-19(22-23(13)2)24-11-14-9-17(6-7-18(14)20(24)26)27-12-15-4-5-16(25)10-21-15/h3-10,25H,1,11-12H2,2H3. The van der Waals surface area contributed by atoms with Gasteiger partial charge in [-0.05, 0) is 48.0 Å². The predicted molar refractivity (Wildman–Crippen MR) is 100 cm³/mol. The fourth-order valence-corrected chi connectivity index (χ4v) is 2.91. The minimum absolute atomic E-state index is 0.0823. The molecule has 1 aromatic carbocycles. The lowest BCUT2D eigenvalue weighted by molar-refractivity contribution is 0.0864. The molecule has 136 valence electrons. The molecule has 7 heteroatoms. The third-order valence-electron chi connectivity index (χ3n) is 4.45. The van der Waals surface area contributed by atoms with Crippen LogP contribution in [0, 0.1) is 0 Å². The van der Waals surface area contributed by atoms with Crippen LogP contribution in [0.1, 0.15) is 21.6 Å². The van der Waals surface area contributed by atoms with Crippen molar-refractivity contribution in [2.45, 2.75) is 13.2 Å². The van der Waals surface area contributed by atoms with Crippen LogP contribution in [0.25, 0.3) is 0 Å². The van der Waals surface area contributed by atoms with E-state index in [1.807, 2.05) is 12.1 Å². The molecule has 0 aliphatic carbocycles. The molecular weight excluding hydrogens is 344 g/mol. The van der Waals surface area contributed by atoms with Crippen molar-refractivity contribution in [3.05, 3.63) is 77.8 Å². The molecular formula is C20H18N4O3. The number of hydrogen-bond donors (Lipinski definition) is 1. The van der Waals surface area contributed by atoms with Gasteiger partial charge in [0.15, 0.2) is 5.84 Å². The van der Waals surface area contributed by atoms with E-state index in [9.17, 15) is 9.90 Å². The Morgan fingerprint density at radius 3 is 2.85 bits per heavy atom. The second-order valence-corrected chi connectivity index (χ2v) is 6.31. The minimum Gasteiger partial charge on any atom is -0.506 e. The summed E-state index contributed by atoms with van der Waals surface area (Å²) in [5.41, 5.74) is 3.00. The van der Waals surface area contributed by atoms with E-state index in [0.717, 1.165) is 11.3 Å². The van der Waals surface area contributed by atoms with Gasteiger partial charge in [-0.3, -0.25) is 19.7 Å². The van der Waals surface area contributed by atoms with Crippen LogP contribution in [0.5, 0.6) is 11.5 Å². The summed E-state index contributed by atoms with van der Waals surface area (Å²) < 4.78 is 5.77. The second kappa shape index (κ2) is 6.60. The van der Waals surface area contributed by atoms with E-state index in [1.165, 1.54) is 6.20 Å². The first-order chi connectivity index (χ1) is 13.0. The molecule has 0 saturated heterocycles. The largest absolute Gasteiger partial charge is 0.506 e. The average Bonchev–Trinajstić information content (AvgIpc) is 3.00. The summed E-state index contributed by atoms with van der Waals surface area (Å²) >= 11 is 0. The fourth-order valence-electron chi connectivity index (χ4n) is 2.91. The molecule has 27 heavy (non-hydrogen) atoms. The van der Waals surface area contributed by atoms with Gasteiger partial charge in [0, 0.05) is 12.6 Å². The number of aromatic nitrogens is 1. The molecule has 0 spiro atoms. The van der Waals surface area contributed by atoms with Crippen molar-refractivity contribution in [1.29, 1.82) is 0 Å². The van der Waals surface area contributed by atoms with Crippen LogP contribution in [0.3, 0.4) is 0 Å². The van der Waals surface area contributed by atoms with Crippen molar-refractivity contribution in [3.8, 4) is 11.5 Å². The highest BCUT2D eigenvalue weighted by Crippen LogP contribution is 2.28. The number of nitrogens with zero attached hydrogens (tertiary/aromatic N) is 4. The Bertz CT molecular complexity index is 979. The molecule has 1 aromatic heterocycles. The minimum atomic E-state index is -0.0823. The van der Waals surface area contributed by atoms with Gasteiger partial charge in [0.05, 0.1) is 24.1 Å². The highest BCUT2D eigenvalue weighted by atomic mass is 16.5. The van der Waals surface area contributed by atoms with Gasteiger partial charge in [0.1, 0.15) is 18.1 Å². The molecule has 0 fully saturated rings. The number of likely N-dealkylation sites (N-methyl/N-ethyl adjacent to an activating group) is 1. The van der Waals surface area contributed by atoms with E-state index in [2.05, 4.69) is 16.7 Å². The zero-order valence-corrected chi connectivity index (χ0v) is 14.8. The maximum atomic E-state index is 12.7. The van der Waals surface area contributed by atoms with Crippen molar-refractivity contribution >= 4 is 11.7 Å². The Morgan fingerprint density at radius 2 is 2.11 bits per heavy atom. The van der Waals surface area contributed by atoms with Gasteiger partial charge in [-0.25, -0.2) is 0 Å². The molecule has 2 aliphatic heterocycles. The maximum Gasteiger partial charge on any atom is 0.260 e. The van der Waals surface area contributed by atoms with Crippen LogP contribution in [0.4, 0.5) is 0 Å². The molecule has 3 heterocycles. The maximum absolute atomic E-state index is 12.7. The molecule has 2 aliphatic rings. The van der Waals surface area contributed by atoms with Gasteiger partial charge >= 0.3 is 0 Å². The molecule has 0 bridgehead atoms. The number of amides is 1. The summed E-state index contributed by atoms with van der Waals surface area (Å²) in [5, 5.41) is 15.3. The predicted octanol–water partition coefficient (Wildman–Crippen LogP) is 2.65. The Kier molecular flexibility index (Phi) is 4.12. The Labute approximate surface area is 156 Å². The molecule has 4 rings (SSSR count). The monoisotopic (exact) mass is 362 g/mol. The summed E-state index contributed by atoms with van der Waals surface area (Å²) in [5.74, 6) is 1.27. The number of carbonyl (C=O) groups is 1. The third-order valence-corrected chi connectivity index (χ3v) is 4.45. The first-order valence-electron chi connectivity index (χ1n) is 8.42. The van der Waals surface area contributed by atoms with Crippen LogP contribution in [-0.4, -0.2) is 38.8 Å². The lowest BCUT2D eigenvalue weighted by Gasteiger charge is -2.23. The van der Waals surface area contributed by atoms with Crippen LogP contribution in [0.15, 0.2) is 66.1 Å². The Morgan fingerprint density at radius 1 is 1.26 bits per heavy atom. The van der Waals surface area contributed by atoms with Crippen molar-refractivity contribution < 1.29 is 14.6 Å². The van der Waals surface area contributed by atoms with E-state index < -0.39 is 0 Å². The first kappa shape index (κ1) is 16.8. The number of hydrazone groups is 1. The molecule has 0 saturated carbocycles. The van der Waals surface area contributed by atoms with Crippen LogP contribution >= 0.6 is 0 Å². The molecule has 0 unspecified atom stereocenters. The van der Waals surface area contributed by atoms with Crippen molar-refractivity contribution in [1.82, 2.24) is 14.9 Å². The number of aromatic hydroxyl groups is 1. The molecule has 0 radical (unpaired) electrons. The van der Waals surface area contributed by atoms with Crippen molar-refractivity contribution in [3.63, 3.8) is 0 Å². The third kappa shape index (κ3) is 3.27. The number of ether oxygens (including phenoxy) is 1. The summed E-state index contributed by atoms with van der Waals surface area (Å²) in [6.45, 7) is 4.58. The number of carbonyl (C=O) groups excluding carboxylic acids is 1. The molecule has 2 aromatic rings. The molecule has 0 atom stereocenters. The number of hydrogen-bond acceptors (Lipinski definition) is 6. The summed E-state index contributed by atoms with van der Waals surface area (Å²) in [6.07, 6.45) is 5.00. The van der Waals surface area contributed by atoms with E-state index in [4.69, 9.17) is 4.74 Å². The summed E-state index contributed by atoms with van der Waals surface area (Å²) in [6, 6.07) is 8.67. The van der Waals surface area contributed by atoms with E-state index >= 15 is 0 Å². The zero-order valence-electron chi connectivity index (χ0n) is 14.8. The van der Waals surface area contributed by atoms with Crippen LogP contribution in [-0.2, 0) is 13.2 Å². The normalized spacial score (nSPS) is 15.8. The van der Waals surface area contributed by atoms with E-state index in [0.29, 0.717) is 29.4 Å². The van der Waals surface area contributed by atoms with Crippen LogP contribution < -0.4 is 4.74 Å². The van der Waals surface area contributed by atoms with Crippen LogP contribution in [0.2, 0.25) is 0 Å². The average molecular weight is 362 g/mol. The molecule has 1 amide bonds. The lowest BCUT2D eigenvalue weighted by Crippen LogP contribution is -2.33. The number of pyridine rings is 1. The number of rotatable bonds is 3. The molecule has 1 N–H and O–H groups in total. The number of benzene rings is 1. The number of allylic oxidation sites excluding steroid dienone is 1. The van der Waals surface area contributed by atoms with E-state index in [-0.39, 0.29) is 18.3 Å². The lowest BCUT2D eigenvalue weighted by atomic mass is 10.1. The number of fused-ring (bicyclic) bond motifs is 1. The van der Waals surface area contributed by atoms with Gasteiger partial charge < -0.3 is 9.84 Å². The Hall–Kier alpha value is -3.61. The first-order valence-corrected chi connectivity index (χ1v) is 8.42. The van der Waals surface area contributed by atoms with Gasteiger partial charge in [-0.15, -0.1) is 0 Å². The van der Waals surface area contributed by atoms with Gasteiger partial charge in [-0.2, -0.15) is 5.10 Å². The van der Waals surface area contributed by atoms with E-state index in [1.54, 1.807) is 47.3 Å². The number of amidine groups is 1.